The molecular formula is C18H32N4. The van der Waals surface area contributed by atoms with E-state index in [1.807, 2.05) is 12.3 Å². The number of rotatable bonds is 3. The number of aromatic nitrogens is 1. The summed E-state index contributed by atoms with van der Waals surface area (Å²) >= 11 is 0. The lowest BCUT2D eigenvalue weighted by atomic mass is 9.96. The summed E-state index contributed by atoms with van der Waals surface area (Å²) in [5, 5.41) is 3.42. The highest BCUT2D eigenvalue weighted by Gasteiger charge is 2.22. The first-order chi connectivity index (χ1) is 10.8. The maximum absolute atomic E-state index is 4.45. The average Bonchev–Trinajstić information content (AvgIpc) is 2.58. The lowest BCUT2D eigenvalue weighted by Gasteiger charge is -2.36. The predicted octanol–water partition coefficient (Wildman–Crippen LogP) is 2.62. The lowest BCUT2D eigenvalue weighted by Crippen LogP contribution is -2.47. The highest BCUT2D eigenvalue weighted by molar-refractivity contribution is 5.37. The molecule has 0 unspecified atom stereocenters. The summed E-state index contributed by atoms with van der Waals surface area (Å²) in [7, 11) is 0. The van der Waals surface area contributed by atoms with Gasteiger partial charge >= 0.3 is 0 Å². The highest BCUT2D eigenvalue weighted by Crippen LogP contribution is 2.22. The van der Waals surface area contributed by atoms with Crippen LogP contribution in [0.4, 0.5) is 5.82 Å². The van der Waals surface area contributed by atoms with Crippen molar-refractivity contribution in [3.8, 4) is 0 Å². The highest BCUT2D eigenvalue weighted by atomic mass is 15.2. The minimum absolute atomic E-state index is 0.873. The SMILES string of the molecule is CCC.c1ccc(N2CCC(CN3CCNCC3)CC2)nc1. The molecule has 124 valence electrons. The third-order valence-corrected chi connectivity index (χ3v) is 4.31. The van der Waals surface area contributed by atoms with E-state index in [1.165, 1.54) is 38.9 Å². The fourth-order valence-corrected chi connectivity index (χ4v) is 3.14. The van der Waals surface area contributed by atoms with E-state index < -0.39 is 0 Å². The molecule has 0 radical (unpaired) electrons. The van der Waals surface area contributed by atoms with Gasteiger partial charge in [0.25, 0.3) is 0 Å². The molecule has 1 aromatic heterocycles. The average molecular weight is 304 g/mol. The smallest absolute Gasteiger partial charge is 0.128 e. The van der Waals surface area contributed by atoms with Gasteiger partial charge < -0.3 is 15.1 Å². The fraction of sp³-hybridized carbons (Fsp3) is 0.722. The molecule has 1 aromatic rings. The zero-order chi connectivity index (χ0) is 15.6. The molecule has 4 nitrogen and oxygen atoms in total. The van der Waals surface area contributed by atoms with Gasteiger partial charge in [0.15, 0.2) is 0 Å². The number of nitrogens with zero attached hydrogens (tertiary/aromatic N) is 3. The topological polar surface area (TPSA) is 31.4 Å². The van der Waals surface area contributed by atoms with Gasteiger partial charge in [-0.3, -0.25) is 0 Å². The Morgan fingerprint density at radius 3 is 2.36 bits per heavy atom. The third-order valence-electron chi connectivity index (χ3n) is 4.31. The second-order valence-electron chi connectivity index (χ2n) is 6.38. The van der Waals surface area contributed by atoms with Crippen LogP contribution in [0.5, 0.6) is 0 Å². The Hall–Kier alpha value is -1.13. The third kappa shape index (κ3) is 5.58. The van der Waals surface area contributed by atoms with Crippen molar-refractivity contribution in [1.29, 1.82) is 0 Å². The van der Waals surface area contributed by atoms with Gasteiger partial charge in [-0.2, -0.15) is 0 Å². The van der Waals surface area contributed by atoms with E-state index in [-0.39, 0.29) is 0 Å². The van der Waals surface area contributed by atoms with Crippen molar-refractivity contribution in [2.75, 3.05) is 50.7 Å². The maximum Gasteiger partial charge on any atom is 0.128 e. The van der Waals surface area contributed by atoms with Crippen molar-refractivity contribution in [3.05, 3.63) is 24.4 Å². The summed E-state index contributed by atoms with van der Waals surface area (Å²) in [6.45, 7) is 12.6. The van der Waals surface area contributed by atoms with E-state index in [9.17, 15) is 0 Å². The van der Waals surface area contributed by atoms with Gasteiger partial charge in [0.2, 0.25) is 0 Å². The zero-order valence-electron chi connectivity index (χ0n) is 14.3. The van der Waals surface area contributed by atoms with Gasteiger partial charge in [-0.25, -0.2) is 4.98 Å². The van der Waals surface area contributed by atoms with Gasteiger partial charge in [-0.1, -0.05) is 26.3 Å². The van der Waals surface area contributed by atoms with Gasteiger partial charge in [0.1, 0.15) is 5.82 Å². The first-order valence-electron chi connectivity index (χ1n) is 8.92. The van der Waals surface area contributed by atoms with E-state index >= 15 is 0 Å². The quantitative estimate of drug-likeness (QED) is 0.930. The molecule has 4 heteroatoms. The molecule has 3 heterocycles. The molecule has 2 aliphatic rings. The summed E-state index contributed by atoms with van der Waals surface area (Å²) in [5.74, 6) is 2.01. The van der Waals surface area contributed by atoms with Gasteiger partial charge in [-0.05, 0) is 30.9 Å². The first-order valence-corrected chi connectivity index (χ1v) is 8.92. The van der Waals surface area contributed by atoms with E-state index in [4.69, 9.17) is 0 Å². The van der Waals surface area contributed by atoms with Crippen LogP contribution >= 0.6 is 0 Å². The van der Waals surface area contributed by atoms with Crippen LogP contribution in [0.3, 0.4) is 0 Å². The summed E-state index contributed by atoms with van der Waals surface area (Å²) in [6, 6.07) is 6.19. The van der Waals surface area contributed by atoms with Crippen LogP contribution in [0.15, 0.2) is 24.4 Å². The number of anilines is 1. The summed E-state index contributed by atoms with van der Waals surface area (Å²) in [6.07, 6.45) is 5.75. The van der Waals surface area contributed by atoms with Crippen molar-refractivity contribution in [2.24, 2.45) is 5.92 Å². The predicted molar refractivity (Wildman–Crippen MR) is 94.4 cm³/mol. The van der Waals surface area contributed by atoms with Gasteiger partial charge in [0, 0.05) is 52.0 Å². The number of hydrogen-bond donors (Lipinski definition) is 1. The normalized spacial score (nSPS) is 20.4. The molecule has 0 saturated carbocycles. The Morgan fingerprint density at radius 1 is 1.09 bits per heavy atom. The number of piperidine rings is 1. The molecule has 0 atom stereocenters. The first kappa shape index (κ1) is 17.2. The number of nitrogens with one attached hydrogen (secondary N) is 1. The molecule has 22 heavy (non-hydrogen) atoms. The van der Waals surface area contributed by atoms with Crippen LogP contribution in [-0.2, 0) is 0 Å². The molecule has 0 amide bonds. The molecule has 0 aromatic carbocycles. The van der Waals surface area contributed by atoms with Crippen molar-refractivity contribution in [2.45, 2.75) is 33.1 Å². The van der Waals surface area contributed by atoms with Crippen molar-refractivity contribution in [3.63, 3.8) is 0 Å². The van der Waals surface area contributed by atoms with Crippen LogP contribution < -0.4 is 10.2 Å². The van der Waals surface area contributed by atoms with Crippen molar-refractivity contribution < 1.29 is 0 Å². The Kier molecular flexibility index (Phi) is 7.67. The number of hydrogen-bond acceptors (Lipinski definition) is 4. The molecule has 2 aliphatic heterocycles. The van der Waals surface area contributed by atoms with Crippen LogP contribution in [-0.4, -0.2) is 55.7 Å². The minimum atomic E-state index is 0.873. The lowest BCUT2D eigenvalue weighted by molar-refractivity contribution is 0.190. The monoisotopic (exact) mass is 304 g/mol. The molecule has 3 rings (SSSR count). The summed E-state index contributed by atoms with van der Waals surface area (Å²) in [5.41, 5.74) is 0. The molecule has 2 fully saturated rings. The zero-order valence-corrected chi connectivity index (χ0v) is 14.3. The van der Waals surface area contributed by atoms with Crippen molar-refractivity contribution >= 4 is 5.82 Å². The standard InChI is InChI=1S/C15H24N4.C3H8/c1-2-6-17-15(3-1)19-9-4-14(5-10-19)13-18-11-7-16-8-12-18;1-3-2/h1-3,6,14,16H,4-5,7-13H2;3H2,1-2H3. The largest absolute Gasteiger partial charge is 0.357 e. The maximum atomic E-state index is 4.45. The van der Waals surface area contributed by atoms with Crippen molar-refractivity contribution in [1.82, 2.24) is 15.2 Å². The summed E-state index contributed by atoms with van der Waals surface area (Å²) in [4.78, 5) is 9.50. The van der Waals surface area contributed by atoms with E-state index in [0.717, 1.165) is 37.9 Å². The second-order valence-corrected chi connectivity index (χ2v) is 6.38. The molecule has 2 saturated heterocycles. The Bertz CT molecular complexity index is 381. The Balaban J connectivity index is 0.000000545. The number of piperazine rings is 1. The number of pyridine rings is 1. The van der Waals surface area contributed by atoms with E-state index in [1.54, 1.807) is 0 Å². The van der Waals surface area contributed by atoms with E-state index in [0.29, 0.717) is 0 Å². The van der Waals surface area contributed by atoms with Crippen LogP contribution in [0.25, 0.3) is 0 Å². The molecule has 0 spiro atoms. The Morgan fingerprint density at radius 2 is 1.77 bits per heavy atom. The molecule has 0 aliphatic carbocycles. The van der Waals surface area contributed by atoms with Crippen LogP contribution in [0, 0.1) is 5.92 Å². The molecule has 1 N–H and O–H groups in total. The fourth-order valence-electron chi connectivity index (χ4n) is 3.14. The van der Waals surface area contributed by atoms with Crippen LogP contribution in [0.2, 0.25) is 0 Å². The molecular weight excluding hydrogens is 272 g/mol. The summed E-state index contributed by atoms with van der Waals surface area (Å²) < 4.78 is 0. The second kappa shape index (κ2) is 9.80. The van der Waals surface area contributed by atoms with Gasteiger partial charge in [0.05, 0.1) is 0 Å². The Labute approximate surface area is 135 Å². The van der Waals surface area contributed by atoms with E-state index in [2.05, 4.69) is 46.1 Å². The van der Waals surface area contributed by atoms with Crippen LogP contribution in [0.1, 0.15) is 33.1 Å². The minimum Gasteiger partial charge on any atom is -0.357 e. The van der Waals surface area contributed by atoms with Gasteiger partial charge in [-0.15, -0.1) is 0 Å². The molecule has 0 bridgehead atoms.